The van der Waals surface area contributed by atoms with Gasteiger partial charge >= 0.3 is 0 Å². The molecule has 0 aliphatic carbocycles. The molecule has 0 amide bonds. The first kappa shape index (κ1) is 11.9. The summed E-state index contributed by atoms with van der Waals surface area (Å²) in [7, 11) is 0. The summed E-state index contributed by atoms with van der Waals surface area (Å²) in [5.74, 6) is 3.27. The maximum atomic E-state index is 8.35. The van der Waals surface area contributed by atoms with Gasteiger partial charge in [-0.1, -0.05) is 24.6 Å². The fraction of sp³-hybridized carbons (Fsp3) is 0.214. The average Bonchev–Trinajstić information content (AvgIpc) is 2.34. The van der Waals surface area contributed by atoms with Crippen LogP contribution in [-0.4, -0.2) is 6.61 Å². The number of benzene rings is 1. The van der Waals surface area contributed by atoms with Crippen molar-refractivity contribution >= 4 is 5.57 Å². The van der Waals surface area contributed by atoms with Gasteiger partial charge in [0.1, 0.15) is 5.75 Å². The van der Waals surface area contributed by atoms with Gasteiger partial charge in [-0.05, 0) is 24.1 Å². The maximum Gasteiger partial charge on any atom is 0.119 e. The van der Waals surface area contributed by atoms with Crippen LogP contribution in [0.5, 0.6) is 5.75 Å². The van der Waals surface area contributed by atoms with E-state index < -0.39 is 0 Å². The monoisotopic (exact) mass is 211 g/mol. The highest BCUT2D eigenvalue weighted by molar-refractivity contribution is 5.76. The van der Waals surface area contributed by atoms with Crippen LogP contribution in [0.3, 0.4) is 0 Å². The van der Waals surface area contributed by atoms with Gasteiger partial charge in [0.15, 0.2) is 0 Å². The van der Waals surface area contributed by atoms with Gasteiger partial charge in [-0.15, -0.1) is 6.42 Å². The molecule has 0 aliphatic heterocycles. The first-order chi connectivity index (χ1) is 7.77. The van der Waals surface area contributed by atoms with Gasteiger partial charge in [0, 0.05) is 12.0 Å². The second-order valence-corrected chi connectivity index (χ2v) is 3.26. The van der Waals surface area contributed by atoms with Crippen LogP contribution in [-0.2, 0) is 0 Å². The summed E-state index contributed by atoms with van der Waals surface area (Å²) in [5.41, 5.74) is 1.59. The first-order valence-electron chi connectivity index (χ1n) is 5.03. The van der Waals surface area contributed by atoms with Gasteiger partial charge in [0.2, 0.25) is 0 Å². The van der Waals surface area contributed by atoms with Crippen molar-refractivity contribution in [2.45, 2.75) is 12.8 Å². The summed E-state index contributed by atoms with van der Waals surface area (Å²) in [4.78, 5) is 0. The van der Waals surface area contributed by atoms with E-state index in [0.29, 0.717) is 18.6 Å². The van der Waals surface area contributed by atoms with Gasteiger partial charge < -0.3 is 4.74 Å². The highest BCUT2D eigenvalue weighted by Crippen LogP contribution is 2.17. The number of nitriles is 1. The van der Waals surface area contributed by atoms with E-state index in [9.17, 15) is 0 Å². The summed E-state index contributed by atoms with van der Waals surface area (Å²) in [5, 5.41) is 8.35. The molecule has 0 aliphatic rings. The highest BCUT2D eigenvalue weighted by atomic mass is 16.5. The molecule has 80 valence electrons. The van der Waals surface area contributed by atoms with Crippen molar-refractivity contribution in [1.82, 2.24) is 0 Å². The Morgan fingerprint density at radius 3 is 2.62 bits per heavy atom. The second-order valence-electron chi connectivity index (χ2n) is 3.26. The first-order valence-corrected chi connectivity index (χ1v) is 5.03. The minimum atomic E-state index is 0.520. The number of hydrogen-bond donors (Lipinski definition) is 0. The largest absolute Gasteiger partial charge is 0.494 e. The van der Waals surface area contributed by atoms with Crippen molar-refractivity contribution < 1.29 is 4.74 Å². The molecule has 16 heavy (non-hydrogen) atoms. The number of nitrogens with zero attached hydrogens (tertiary/aromatic N) is 1. The standard InChI is InChI=1S/C14H13NO/c1-3-12(2)13-6-8-14(9-7-13)16-11-5-4-10-15/h1,6-9H,2,4-5,11H2. The van der Waals surface area contributed by atoms with Crippen molar-refractivity contribution in [3.8, 4) is 24.2 Å². The zero-order chi connectivity index (χ0) is 11.8. The molecule has 0 saturated heterocycles. The minimum Gasteiger partial charge on any atom is -0.494 e. The quantitative estimate of drug-likeness (QED) is 0.554. The lowest BCUT2D eigenvalue weighted by molar-refractivity contribution is 0.312. The summed E-state index contributed by atoms with van der Waals surface area (Å²) in [6.07, 6.45) is 6.51. The molecule has 1 aromatic rings. The van der Waals surface area contributed by atoms with Crippen LogP contribution in [0.4, 0.5) is 0 Å². The lowest BCUT2D eigenvalue weighted by Crippen LogP contribution is -1.96. The Labute approximate surface area is 96.2 Å². The molecular weight excluding hydrogens is 198 g/mol. The van der Waals surface area contributed by atoms with E-state index in [-0.39, 0.29) is 0 Å². The molecule has 0 fully saturated rings. The molecule has 0 N–H and O–H groups in total. The fourth-order valence-corrected chi connectivity index (χ4v) is 1.18. The van der Waals surface area contributed by atoms with Crippen LogP contribution in [0, 0.1) is 23.7 Å². The lowest BCUT2D eigenvalue weighted by atomic mass is 10.1. The Kier molecular flexibility index (Phi) is 4.70. The van der Waals surface area contributed by atoms with Crippen molar-refractivity contribution in [1.29, 1.82) is 5.26 Å². The van der Waals surface area contributed by atoms with Crippen LogP contribution in [0.15, 0.2) is 30.8 Å². The van der Waals surface area contributed by atoms with Crippen molar-refractivity contribution in [3.05, 3.63) is 36.4 Å². The van der Waals surface area contributed by atoms with E-state index in [0.717, 1.165) is 17.7 Å². The number of rotatable bonds is 5. The third-order valence-electron chi connectivity index (χ3n) is 2.08. The fourth-order valence-electron chi connectivity index (χ4n) is 1.18. The summed E-state index contributed by atoms with van der Waals surface area (Å²) in [6.45, 7) is 4.31. The second kappa shape index (κ2) is 6.32. The van der Waals surface area contributed by atoms with Crippen LogP contribution in [0.1, 0.15) is 18.4 Å². The van der Waals surface area contributed by atoms with Gasteiger partial charge in [-0.3, -0.25) is 0 Å². The lowest BCUT2D eigenvalue weighted by Gasteiger charge is -2.05. The average molecular weight is 211 g/mol. The number of terminal acetylenes is 1. The Balaban J connectivity index is 2.50. The van der Waals surface area contributed by atoms with Crippen molar-refractivity contribution in [2.24, 2.45) is 0 Å². The molecule has 1 aromatic carbocycles. The highest BCUT2D eigenvalue weighted by Gasteiger charge is 1.97. The van der Waals surface area contributed by atoms with Gasteiger partial charge in [0.05, 0.1) is 12.7 Å². The normalized spacial score (nSPS) is 8.88. The van der Waals surface area contributed by atoms with E-state index in [1.807, 2.05) is 24.3 Å². The van der Waals surface area contributed by atoms with Crippen molar-refractivity contribution in [3.63, 3.8) is 0 Å². The van der Waals surface area contributed by atoms with E-state index in [4.69, 9.17) is 16.4 Å². The van der Waals surface area contributed by atoms with E-state index in [1.165, 1.54) is 0 Å². The third-order valence-corrected chi connectivity index (χ3v) is 2.08. The molecule has 2 heteroatoms. The zero-order valence-electron chi connectivity index (χ0n) is 9.07. The zero-order valence-corrected chi connectivity index (χ0v) is 9.07. The van der Waals surface area contributed by atoms with Crippen molar-refractivity contribution in [2.75, 3.05) is 6.61 Å². The Morgan fingerprint density at radius 2 is 2.06 bits per heavy atom. The minimum absolute atomic E-state index is 0.520. The van der Waals surface area contributed by atoms with Gasteiger partial charge in [0.25, 0.3) is 0 Å². The van der Waals surface area contributed by atoms with Crippen LogP contribution in [0.25, 0.3) is 5.57 Å². The van der Waals surface area contributed by atoms with E-state index >= 15 is 0 Å². The molecule has 0 spiro atoms. The molecule has 2 nitrogen and oxygen atoms in total. The van der Waals surface area contributed by atoms with Gasteiger partial charge in [-0.25, -0.2) is 0 Å². The summed E-state index contributed by atoms with van der Waals surface area (Å²) < 4.78 is 5.44. The molecule has 0 atom stereocenters. The number of hydrogen-bond acceptors (Lipinski definition) is 2. The summed E-state index contributed by atoms with van der Waals surface area (Å²) >= 11 is 0. The van der Waals surface area contributed by atoms with Crippen LogP contribution in [0.2, 0.25) is 0 Å². The molecular formula is C14H13NO. The Bertz CT molecular complexity index is 431. The molecule has 0 unspecified atom stereocenters. The predicted molar refractivity (Wildman–Crippen MR) is 64.7 cm³/mol. The van der Waals surface area contributed by atoms with E-state index in [2.05, 4.69) is 18.6 Å². The van der Waals surface area contributed by atoms with Gasteiger partial charge in [-0.2, -0.15) is 5.26 Å². The predicted octanol–water partition coefficient (Wildman–Crippen LogP) is 3.02. The number of allylic oxidation sites excluding steroid dienone is 1. The number of ether oxygens (including phenoxy) is 1. The molecule has 0 saturated carbocycles. The van der Waals surface area contributed by atoms with Crippen LogP contribution >= 0.6 is 0 Å². The molecule has 0 heterocycles. The smallest absolute Gasteiger partial charge is 0.119 e. The summed E-state index contributed by atoms with van der Waals surface area (Å²) in [6, 6.07) is 9.53. The molecule has 1 rings (SSSR count). The topological polar surface area (TPSA) is 33.0 Å². The van der Waals surface area contributed by atoms with Crippen LogP contribution < -0.4 is 4.74 Å². The van der Waals surface area contributed by atoms with E-state index in [1.54, 1.807) is 0 Å². The Hall–Kier alpha value is -2.19. The molecule has 0 radical (unpaired) electrons. The molecule has 0 bridgehead atoms. The Morgan fingerprint density at radius 1 is 1.38 bits per heavy atom. The SMILES string of the molecule is C#CC(=C)c1ccc(OCCCC#N)cc1. The molecule has 0 aromatic heterocycles. The third kappa shape index (κ3) is 3.52. The number of unbranched alkanes of at least 4 members (excludes halogenated alkanes) is 1. The maximum absolute atomic E-state index is 8.35.